The van der Waals surface area contributed by atoms with Crippen molar-refractivity contribution < 1.29 is 9.59 Å². The predicted octanol–water partition coefficient (Wildman–Crippen LogP) is 6.36. The molecule has 0 spiro atoms. The molecule has 2 aromatic rings. The summed E-state index contributed by atoms with van der Waals surface area (Å²) in [5, 5.41) is 0.802. The van der Waals surface area contributed by atoms with Crippen molar-refractivity contribution in [2.45, 2.75) is 90.8 Å². The summed E-state index contributed by atoms with van der Waals surface area (Å²) in [5.41, 5.74) is 5.19. The maximum absolute atomic E-state index is 13.7. The molecule has 1 unspecified atom stereocenters. The van der Waals surface area contributed by atoms with E-state index in [9.17, 15) is 9.59 Å². The average molecular weight is 699 g/mol. The number of aryl methyl sites for hydroxylation is 2. The topological polar surface area (TPSA) is 60.0 Å². The molecule has 1 aliphatic carbocycles. The van der Waals surface area contributed by atoms with Crippen LogP contribution in [0.4, 0.5) is 0 Å². The summed E-state index contributed by atoms with van der Waals surface area (Å²) in [4.78, 5) is 39.9. The molecule has 6 rings (SSSR count). The molecule has 0 radical (unpaired) electrons. The van der Waals surface area contributed by atoms with Gasteiger partial charge in [-0.25, -0.2) is 0 Å². The van der Waals surface area contributed by atoms with Gasteiger partial charge in [-0.3, -0.25) is 24.4 Å². The third-order valence-corrected chi connectivity index (χ3v) is 11.6. The summed E-state index contributed by atoms with van der Waals surface area (Å²) in [6, 6.07) is 9.52. The zero-order chi connectivity index (χ0) is 31.9. The summed E-state index contributed by atoms with van der Waals surface area (Å²) >= 11 is 10.1. The Morgan fingerprint density at radius 2 is 1.64 bits per heavy atom. The molecule has 45 heavy (non-hydrogen) atoms. The van der Waals surface area contributed by atoms with E-state index in [1.165, 1.54) is 22.4 Å². The Hall–Kier alpha value is -2.00. The fourth-order valence-electron chi connectivity index (χ4n) is 8.28. The minimum absolute atomic E-state index is 0.00200. The van der Waals surface area contributed by atoms with Gasteiger partial charge < -0.3 is 9.80 Å². The standard InChI is InChI=1S/C36H49BrClN5O2/c1-24(44)40-13-9-25(10-14-40)19-33(45)43-18-17-42(23-32(43)36(2,3)4)30-11-15-41(16-12-30)35-31-8-7-29(38)21-26(31)5-6-27-20-28(37)22-39-34(27)35/h7-8,20-22,25,30,32,35H,5-6,9-19,23H2,1-4H3/t32-,35?/m1/s1. The Balaban J connectivity index is 1.12. The van der Waals surface area contributed by atoms with Crippen LogP contribution in [0, 0.1) is 11.3 Å². The Kier molecular flexibility index (Phi) is 9.96. The minimum Gasteiger partial charge on any atom is -0.343 e. The summed E-state index contributed by atoms with van der Waals surface area (Å²) in [6.07, 6.45) is 8.59. The second-order valence-corrected chi connectivity index (χ2v) is 16.2. The molecule has 4 aliphatic rings. The van der Waals surface area contributed by atoms with Gasteiger partial charge in [0.05, 0.1) is 11.7 Å². The van der Waals surface area contributed by atoms with E-state index in [-0.39, 0.29) is 23.4 Å². The van der Waals surface area contributed by atoms with E-state index in [1.807, 2.05) is 17.2 Å². The van der Waals surface area contributed by atoms with Gasteiger partial charge in [0.25, 0.3) is 0 Å². The van der Waals surface area contributed by atoms with Crippen LogP contribution in [0.5, 0.6) is 0 Å². The highest BCUT2D eigenvalue weighted by atomic mass is 79.9. The lowest BCUT2D eigenvalue weighted by Crippen LogP contribution is -2.62. The number of benzene rings is 1. The molecular formula is C36H49BrClN5O2. The van der Waals surface area contributed by atoms with Crippen LogP contribution in [-0.2, 0) is 22.4 Å². The zero-order valence-corrected chi connectivity index (χ0v) is 29.7. The fourth-order valence-corrected chi connectivity index (χ4v) is 8.86. The highest BCUT2D eigenvalue weighted by Gasteiger charge is 2.41. The number of hydrogen-bond donors (Lipinski definition) is 0. The second kappa shape index (κ2) is 13.6. The molecule has 3 saturated heterocycles. The molecule has 0 bridgehead atoms. The van der Waals surface area contributed by atoms with Crippen LogP contribution in [-0.4, -0.2) is 94.3 Å². The highest BCUT2D eigenvalue weighted by Crippen LogP contribution is 2.40. The molecule has 1 aromatic carbocycles. The van der Waals surface area contributed by atoms with Gasteiger partial charge in [-0.05, 0) is 101 Å². The molecule has 3 aliphatic heterocycles. The Bertz CT molecular complexity index is 1340. The lowest BCUT2D eigenvalue weighted by Gasteiger charge is -2.51. The number of hydrogen-bond acceptors (Lipinski definition) is 5. The molecular weight excluding hydrogens is 650 g/mol. The molecule has 1 aromatic heterocycles. The van der Waals surface area contributed by atoms with Gasteiger partial charge in [0, 0.05) is 86.9 Å². The van der Waals surface area contributed by atoms with Crippen molar-refractivity contribution in [1.29, 1.82) is 0 Å². The maximum Gasteiger partial charge on any atom is 0.223 e. The Morgan fingerprint density at radius 1 is 0.933 bits per heavy atom. The molecule has 244 valence electrons. The van der Waals surface area contributed by atoms with E-state index >= 15 is 0 Å². The Morgan fingerprint density at radius 3 is 2.33 bits per heavy atom. The first-order chi connectivity index (χ1) is 21.5. The quantitative estimate of drug-likeness (QED) is 0.372. The number of likely N-dealkylation sites (tertiary alicyclic amines) is 2. The van der Waals surface area contributed by atoms with Crippen LogP contribution in [0.3, 0.4) is 0 Å². The van der Waals surface area contributed by atoms with Crippen molar-refractivity contribution in [2.75, 3.05) is 45.8 Å². The van der Waals surface area contributed by atoms with Gasteiger partial charge in [-0.2, -0.15) is 0 Å². The first-order valence-electron chi connectivity index (χ1n) is 16.9. The van der Waals surface area contributed by atoms with E-state index in [2.05, 4.69) is 69.6 Å². The van der Waals surface area contributed by atoms with Crippen LogP contribution in [0.1, 0.15) is 88.2 Å². The number of fused-ring (bicyclic) bond motifs is 2. The SMILES string of the molecule is CC(=O)N1CCC(CC(=O)N2CCN(C3CCN(C4c5ccc(Cl)cc5CCc5cc(Br)cnc54)CC3)C[C@@H]2C(C)(C)C)CC1. The molecule has 2 atom stereocenters. The lowest BCUT2D eigenvalue weighted by molar-refractivity contribution is -0.142. The molecule has 4 heterocycles. The third kappa shape index (κ3) is 7.29. The zero-order valence-electron chi connectivity index (χ0n) is 27.4. The number of nitrogens with zero attached hydrogens (tertiary/aromatic N) is 5. The minimum atomic E-state index is 0.00200. The van der Waals surface area contributed by atoms with Crippen molar-refractivity contribution in [3.05, 3.63) is 62.3 Å². The number of piperidine rings is 2. The van der Waals surface area contributed by atoms with Gasteiger partial charge in [-0.15, -0.1) is 0 Å². The summed E-state index contributed by atoms with van der Waals surface area (Å²) < 4.78 is 1.03. The number of pyridine rings is 1. The van der Waals surface area contributed by atoms with Crippen molar-refractivity contribution in [3.8, 4) is 0 Å². The van der Waals surface area contributed by atoms with E-state index < -0.39 is 0 Å². The fraction of sp³-hybridized carbons (Fsp3) is 0.639. The predicted molar refractivity (Wildman–Crippen MR) is 183 cm³/mol. The third-order valence-electron chi connectivity index (χ3n) is 10.9. The van der Waals surface area contributed by atoms with E-state index in [4.69, 9.17) is 16.6 Å². The smallest absolute Gasteiger partial charge is 0.223 e. The highest BCUT2D eigenvalue weighted by molar-refractivity contribution is 9.10. The number of aromatic nitrogens is 1. The normalized spacial score (nSPS) is 24.2. The van der Waals surface area contributed by atoms with Crippen LogP contribution in [0.25, 0.3) is 0 Å². The molecule has 3 fully saturated rings. The van der Waals surface area contributed by atoms with Crippen molar-refractivity contribution in [2.24, 2.45) is 11.3 Å². The van der Waals surface area contributed by atoms with E-state index in [0.717, 1.165) is 93.8 Å². The monoisotopic (exact) mass is 697 g/mol. The van der Waals surface area contributed by atoms with Gasteiger partial charge in [-0.1, -0.05) is 38.4 Å². The van der Waals surface area contributed by atoms with Gasteiger partial charge in [0.2, 0.25) is 11.8 Å². The Labute approximate surface area is 282 Å². The number of piperazine rings is 1. The van der Waals surface area contributed by atoms with Crippen LogP contribution >= 0.6 is 27.5 Å². The number of carbonyl (C=O) groups excluding carboxylic acids is 2. The number of halogens is 2. The van der Waals surface area contributed by atoms with Crippen molar-refractivity contribution >= 4 is 39.3 Å². The number of amides is 2. The van der Waals surface area contributed by atoms with Crippen LogP contribution in [0.15, 0.2) is 34.9 Å². The summed E-state index contributed by atoms with van der Waals surface area (Å²) in [7, 11) is 0. The van der Waals surface area contributed by atoms with Crippen molar-refractivity contribution in [3.63, 3.8) is 0 Å². The van der Waals surface area contributed by atoms with Crippen LogP contribution < -0.4 is 0 Å². The lowest BCUT2D eigenvalue weighted by atomic mass is 9.82. The number of rotatable bonds is 4. The van der Waals surface area contributed by atoms with E-state index in [1.54, 1.807) is 6.92 Å². The first kappa shape index (κ1) is 32.9. The van der Waals surface area contributed by atoms with Gasteiger partial charge >= 0.3 is 0 Å². The summed E-state index contributed by atoms with van der Waals surface area (Å²) in [5.74, 6) is 0.825. The number of carbonyl (C=O) groups is 2. The largest absolute Gasteiger partial charge is 0.343 e. The second-order valence-electron chi connectivity index (χ2n) is 14.8. The first-order valence-corrected chi connectivity index (χ1v) is 18.1. The molecule has 0 N–H and O–H groups in total. The van der Waals surface area contributed by atoms with E-state index in [0.29, 0.717) is 24.3 Å². The molecule has 9 heteroatoms. The molecule has 7 nitrogen and oxygen atoms in total. The summed E-state index contributed by atoms with van der Waals surface area (Å²) in [6.45, 7) is 14.8. The average Bonchev–Trinajstić information content (AvgIpc) is 3.17. The van der Waals surface area contributed by atoms with Gasteiger partial charge in [0.1, 0.15) is 0 Å². The van der Waals surface area contributed by atoms with Gasteiger partial charge in [0.15, 0.2) is 0 Å². The molecule has 2 amide bonds. The molecule has 0 saturated carbocycles. The maximum atomic E-state index is 13.7. The van der Waals surface area contributed by atoms with Crippen LogP contribution in [0.2, 0.25) is 5.02 Å². The van der Waals surface area contributed by atoms with Crippen molar-refractivity contribution in [1.82, 2.24) is 24.6 Å².